The van der Waals surface area contributed by atoms with Gasteiger partial charge in [-0.3, -0.25) is 4.90 Å². The summed E-state index contributed by atoms with van der Waals surface area (Å²) in [5.41, 5.74) is -0.817. The minimum absolute atomic E-state index is 0.420. The molecule has 1 aliphatic carbocycles. The minimum atomic E-state index is -0.817. The Morgan fingerprint density at radius 1 is 1.42 bits per heavy atom. The average Bonchev–Trinajstić information content (AvgIpc) is 3.15. The number of aliphatic hydroxyl groups is 1. The Kier molecular flexibility index (Phi) is 4.09. The van der Waals surface area contributed by atoms with E-state index >= 15 is 0 Å². The first kappa shape index (κ1) is 15.7. The van der Waals surface area contributed by atoms with Crippen molar-refractivity contribution in [3.63, 3.8) is 0 Å². The maximum atomic E-state index is 11.0. The van der Waals surface area contributed by atoms with Crippen molar-refractivity contribution in [3.8, 4) is 0 Å². The van der Waals surface area contributed by atoms with Gasteiger partial charge in [-0.2, -0.15) is 10.1 Å². The van der Waals surface area contributed by atoms with Crippen LogP contribution in [0.1, 0.15) is 56.1 Å². The highest BCUT2D eigenvalue weighted by Gasteiger charge is 2.36. The molecular weight excluding hydrogens is 308 g/mol. The first-order valence-corrected chi connectivity index (χ1v) is 8.79. The van der Waals surface area contributed by atoms with Gasteiger partial charge in [-0.1, -0.05) is 5.16 Å². The number of aryl methyl sites for hydroxylation is 1. The van der Waals surface area contributed by atoms with Crippen LogP contribution in [-0.2, 0) is 19.5 Å². The lowest BCUT2D eigenvalue weighted by Crippen LogP contribution is -2.49. The Balaban J connectivity index is 1.40. The molecule has 2 aromatic rings. The van der Waals surface area contributed by atoms with Gasteiger partial charge in [0.15, 0.2) is 5.82 Å². The van der Waals surface area contributed by atoms with Crippen LogP contribution in [0.2, 0.25) is 0 Å². The molecule has 2 fully saturated rings. The molecule has 1 unspecified atom stereocenters. The van der Waals surface area contributed by atoms with Crippen molar-refractivity contribution in [2.45, 2.75) is 63.6 Å². The van der Waals surface area contributed by atoms with Crippen LogP contribution in [0, 0.1) is 0 Å². The monoisotopic (exact) mass is 332 g/mol. The molecule has 1 N–H and O–H groups in total. The lowest BCUT2D eigenvalue weighted by atomic mass is 9.89. The lowest BCUT2D eigenvalue weighted by Gasteiger charge is -2.38. The molecule has 0 spiro atoms. The van der Waals surface area contributed by atoms with Gasteiger partial charge in [-0.05, 0) is 39.2 Å². The molecule has 1 saturated heterocycles. The summed E-state index contributed by atoms with van der Waals surface area (Å²) < 4.78 is 7.24. The zero-order chi connectivity index (χ0) is 16.6. The smallest absolute Gasteiger partial charge is 0.229 e. The molecule has 0 bridgehead atoms. The van der Waals surface area contributed by atoms with Crippen molar-refractivity contribution in [3.05, 3.63) is 23.9 Å². The predicted octanol–water partition coefficient (Wildman–Crippen LogP) is 1.13. The second kappa shape index (κ2) is 6.25. The van der Waals surface area contributed by atoms with Crippen molar-refractivity contribution in [1.29, 1.82) is 0 Å². The summed E-state index contributed by atoms with van der Waals surface area (Å²) in [6, 6.07) is 0. The number of likely N-dealkylation sites (tertiary alicyclic amines) is 1. The molecular formula is C16H24N6O2. The van der Waals surface area contributed by atoms with Crippen LogP contribution in [0.15, 0.2) is 10.9 Å². The first-order chi connectivity index (χ1) is 11.6. The largest absolute Gasteiger partial charge is 0.388 e. The highest BCUT2D eigenvalue weighted by atomic mass is 16.5. The summed E-state index contributed by atoms with van der Waals surface area (Å²) in [4.78, 5) is 11.0. The van der Waals surface area contributed by atoms with Crippen LogP contribution in [0.3, 0.4) is 0 Å². The Morgan fingerprint density at radius 3 is 3.08 bits per heavy atom. The number of β-amino-alcohol motifs (C(OH)–C–C–N with tert-alkyl or cyclic N) is 1. The second-order valence-electron chi connectivity index (χ2n) is 7.03. The Bertz CT molecular complexity index is 694. The summed E-state index contributed by atoms with van der Waals surface area (Å²) >= 11 is 0. The summed E-state index contributed by atoms with van der Waals surface area (Å²) in [5.74, 6) is 2.77. The van der Waals surface area contributed by atoms with Gasteiger partial charge >= 0.3 is 0 Å². The molecule has 8 heteroatoms. The third-order valence-corrected chi connectivity index (χ3v) is 4.90. The molecule has 2 aromatic heterocycles. The van der Waals surface area contributed by atoms with Gasteiger partial charge in [0, 0.05) is 19.0 Å². The van der Waals surface area contributed by atoms with Crippen molar-refractivity contribution >= 4 is 0 Å². The molecule has 0 amide bonds. The number of piperidine rings is 1. The molecule has 1 saturated carbocycles. The zero-order valence-corrected chi connectivity index (χ0v) is 14.1. The standard InChI is InChI=1S/C16H24N6O2/c1-2-22-13(17-11-18-22)9-21-7-3-6-16(23,10-21)8-14-19-15(20-24-14)12-4-5-12/h11-12,23H,2-10H2,1H3. The molecule has 1 atom stereocenters. The van der Waals surface area contributed by atoms with Crippen LogP contribution in [-0.4, -0.2) is 53.6 Å². The molecule has 24 heavy (non-hydrogen) atoms. The van der Waals surface area contributed by atoms with Crippen LogP contribution >= 0.6 is 0 Å². The highest BCUT2D eigenvalue weighted by molar-refractivity contribution is 5.05. The van der Waals surface area contributed by atoms with Gasteiger partial charge in [0.1, 0.15) is 12.2 Å². The molecule has 3 heterocycles. The van der Waals surface area contributed by atoms with Crippen molar-refractivity contribution in [2.24, 2.45) is 0 Å². The molecule has 8 nitrogen and oxygen atoms in total. The zero-order valence-electron chi connectivity index (χ0n) is 14.1. The fraction of sp³-hybridized carbons (Fsp3) is 0.750. The summed E-state index contributed by atoms with van der Waals surface area (Å²) in [6.45, 7) is 5.10. The van der Waals surface area contributed by atoms with Crippen LogP contribution in [0.25, 0.3) is 0 Å². The maximum Gasteiger partial charge on any atom is 0.229 e. The third kappa shape index (κ3) is 3.34. The van der Waals surface area contributed by atoms with E-state index in [1.54, 1.807) is 6.33 Å². The first-order valence-electron chi connectivity index (χ1n) is 8.79. The quantitative estimate of drug-likeness (QED) is 0.847. The van der Waals surface area contributed by atoms with E-state index in [1.807, 2.05) is 4.68 Å². The number of aromatic nitrogens is 5. The van der Waals surface area contributed by atoms with Gasteiger partial charge in [0.05, 0.1) is 18.6 Å². The van der Waals surface area contributed by atoms with E-state index in [4.69, 9.17) is 4.52 Å². The number of hydrogen-bond acceptors (Lipinski definition) is 7. The van der Waals surface area contributed by atoms with Crippen molar-refractivity contribution < 1.29 is 9.63 Å². The third-order valence-electron chi connectivity index (χ3n) is 4.90. The Hall–Kier alpha value is -1.80. The summed E-state index contributed by atoms with van der Waals surface area (Å²) in [5, 5.41) is 19.3. The van der Waals surface area contributed by atoms with Crippen LogP contribution in [0.5, 0.6) is 0 Å². The SMILES string of the molecule is CCn1ncnc1CN1CCCC(O)(Cc2nc(C3CC3)no2)C1. The summed E-state index contributed by atoms with van der Waals surface area (Å²) in [6.07, 6.45) is 6.01. The summed E-state index contributed by atoms with van der Waals surface area (Å²) in [7, 11) is 0. The van der Waals surface area contributed by atoms with Crippen LogP contribution < -0.4 is 0 Å². The lowest BCUT2D eigenvalue weighted by molar-refractivity contribution is -0.0382. The van der Waals surface area contributed by atoms with Gasteiger partial charge in [-0.15, -0.1) is 0 Å². The van der Waals surface area contributed by atoms with E-state index in [2.05, 4.69) is 32.0 Å². The topological polar surface area (TPSA) is 93.1 Å². The molecule has 4 rings (SSSR count). The number of nitrogens with zero attached hydrogens (tertiary/aromatic N) is 6. The van der Waals surface area contributed by atoms with Gasteiger partial charge in [0.2, 0.25) is 5.89 Å². The number of hydrogen-bond donors (Lipinski definition) is 1. The van der Waals surface area contributed by atoms with E-state index in [0.717, 1.165) is 50.4 Å². The Labute approximate surface area is 140 Å². The molecule has 2 aliphatic rings. The average molecular weight is 332 g/mol. The van der Waals surface area contributed by atoms with Gasteiger partial charge in [0.25, 0.3) is 0 Å². The minimum Gasteiger partial charge on any atom is -0.388 e. The fourth-order valence-electron chi connectivity index (χ4n) is 3.49. The van der Waals surface area contributed by atoms with E-state index in [1.165, 1.54) is 0 Å². The molecule has 0 radical (unpaired) electrons. The Morgan fingerprint density at radius 2 is 2.29 bits per heavy atom. The highest BCUT2D eigenvalue weighted by Crippen LogP contribution is 2.38. The van der Waals surface area contributed by atoms with Gasteiger partial charge < -0.3 is 9.63 Å². The molecule has 0 aromatic carbocycles. The molecule has 130 valence electrons. The van der Waals surface area contributed by atoms with Crippen LogP contribution in [0.4, 0.5) is 0 Å². The van der Waals surface area contributed by atoms with Gasteiger partial charge in [-0.25, -0.2) is 9.67 Å². The van der Waals surface area contributed by atoms with E-state index in [0.29, 0.717) is 31.3 Å². The van der Waals surface area contributed by atoms with Crippen molar-refractivity contribution in [1.82, 2.24) is 29.8 Å². The van der Waals surface area contributed by atoms with E-state index in [-0.39, 0.29) is 0 Å². The normalized spacial score (nSPS) is 25.2. The van der Waals surface area contributed by atoms with E-state index < -0.39 is 5.60 Å². The molecule has 1 aliphatic heterocycles. The number of rotatable bonds is 6. The maximum absolute atomic E-state index is 11.0. The predicted molar refractivity (Wildman–Crippen MR) is 85.1 cm³/mol. The fourth-order valence-corrected chi connectivity index (χ4v) is 3.49. The van der Waals surface area contributed by atoms with Crippen molar-refractivity contribution in [2.75, 3.05) is 13.1 Å². The second-order valence-corrected chi connectivity index (χ2v) is 7.03. The van der Waals surface area contributed by atoms with E-state index in [9.17, 15) is 5.11 Å².